The van der Waals surface area contributed by atoms with E-state index in [0.29, 0.717) is 13.1 Å². The van der Waals surface area contributed by atoms with Crippen molar-refractivity contribution in [3.05, 3.63) is 28.8 Å². The minimum atomic E-state index is -3.68. The van der Waals surface area contributed by atoms with Crippen LogP contribution < -0.4 is 5.32 Å². The first-order chi connectivity index (χ1) is 10.4. The topological polar surface area (TPSA) is 93.5 Å². The number of nitrogens with zero attached hydrogens (tertiary/aromatic N) is 3. The fourth-order valence-electron chi connectivity index (χ4n) is 2.19. The molecular formula is C13H15ClN4O3S. The highest BCUT2D eigenvalue weighted by atomic mass is 35.5. The molecule has 118 valence electrons. The Hall–Kier alpha value is -1.82. The summed E-state index contributed by atoms with van der Waals surface area (Å²) in [5.74, 6) is 0. The quantitative estimate of drug-likeness (QED) is 0.862. The van der Waals surface area contributed by atoms with Gasteiger partial charge >= 0.3 is 6.03 Å². The van der Waals surface area contributed by atoms with Gasteiger partial charge in [-0.1, -0.05) is 11.6 Å². The van der Waals surface area contributed by atoms with Crippen molar-refractivity contribution < 1.29 is 13.2 Å². The van der Waals surface area contributed by atoms with Gasteiger partial charge in [0.1, 0.15) is 6.07 Å². The predicted octanol–water partition coefficient (Wildman–Crippen LogP) is 0.857. The van der Waals surface area contributed by atoms with Crippen molar-refractivity contribution in [1.82, 2.24) is 14.5 Å². The molecule has 1 aromatic carbocycles. The maximum atomic E-state index is 12.6. The maximum Gasteiger partial charge on any atom is 0.317 e. The average Bonchev–Trinajstić information content (AvgIpc) is 2.54. The number of amides is 2. The van der Waals surface area contributed by atoms with E-state index in [-0.39, 0.29) is 34.6 Å². The highest BCUT2D eigenvalue weighted by Crippen LogP contribution is 2.23. The minimum Gasteiger partial charge on any atom is -0.341 e. The molecule has 9 heteroatoms. The molecule has 2 rings (SSSR count). The Morgan fingerprint density at radius 1 is 1.32 bits per heavy atom. The number of carbonyl (C=O) groups excluding carboxylic acids is 1. The van der Waals surface area contributed by atoms with Crippen LogP contribution >= 0.6 is 11.6 Å². The van der Waals surface area contributed by atoms with Gasteiger partial charge in [-0.3, -0.25) is 0 Å². The molecule has 0 spiro atoms. The number of hydrogen-bond acceptors (Lipinski definition) is 4. The second-order valence-electron chi connectivity index (χ2n) is 4.70. The van der Waals surface area contributed by atoms with E-state index in [1.807, 2.05) is 6.07 Å². The maximum absolute atomic E-state index is 12.6. The lowest BCUT2D eigenvalue weighted by atomic mass is 10.2. The van der Waals surface area contributed by atoms with Crippen LogP contribution in [-0.2, 0) is 10.0 Å². The van der Waals surface area contributed by atoms with E-state index in [1.54, 1.807) is 4.90 Å². The van der Waals surface area contributed by atoms with Gasteiger partial charge in [-0.25, -0.2) is 13.2 Å². The number of sulfonamides is 1. The molecule has 1 aliphatic heterocycles. The first-order valence-corrected chi connectivity index (χ1v) is 8.38. The van der Waals surface area contributed by atoms with Gasteiger partial charge in [-0.2, -0.15) is 9.57 Å². The monoisotopic (exact) mass is 342 g/mol. The van der Waals surface area contributed by atoms with Crippen LogP contribution in [0.25, 0.3) is 0 Å². The molecule has 0 bridgehead atoms. The zero-order valence-electron chi connectivity index (χ0n) is 11.9. The zero-order valence-corrected chi connectivity index (χ0v) is 13.5. The summed E-state index contributed by atoms with van der Waals surface area (Å²) in [6.07, 6.45) is 0. The van der Waals surface area contributed by atoms with E-state index in [1.165, 1.54) is 29.6 Å². The molecule has 1 aromatic rings. The van der Waals surface area contributed by atoms with Gasteiger partial charge < -0.3 is 10.2 Å². The van der Waals surface area contributed by atoms with Crippen molar-refractivity contribution in [3.63, 3.8) is 0 Å². The van der Waals surface area contributed by atoms with E-state index >= 15 is 0 Å². The van der Waals surface area contributed by atoms with E-state index in [9.17, 15) is 13.2 Å². The highest BCUT2D eigenvalue weighted by molar-refractivity contribution is 7.89. The van der Waals surface area contributed by atoms with E-state index in [0.717, 1.165) is 0 Å². The number of hydrogen-bond donors (Lipinski definition) is 1. The Bertz CT molecular complexity index is 721. The lowest BCUT2D eigenvalue weighted by Gasteiger charge is -2.33. The second-order valence-corrected chi connectivity index (χ2v) is 7.04. The molecule has 22 heavy (non-hydrogen) atoms. The van der Waals surface area contributed by atoms with Gasteiger partial charge in [-0.05, 0) is 18.2 Å². The number of piperazine rings is 1. The number of nitrogens with one attached hydrogen (secondary N) is 1. The fourth-order valence-corrected chi connectivity index (χ4v) is 3.92. The summed E-state index contributed by atoms with van der Waals surface area (Å²) in [5.41, 5.74) is 0.227. The van der Waals surface area contributed by atoms with Crippen molar-refractivity contribution >= 4 is 27.7 Å². The van der Waals surface area contributed by atoms with Crippen LogP contribution in [0.1, 0.15) is 5.56 Å². The number of nitriles is 1. The smallest absolute Gasteiger partial charge is 0.317 e. The number of rotatable bonds is 2. The lowest BCUT2D eigenvalue weighted by Crippen LogP contribution is -2.52. The molecule has 1 fully saturated rings. The third-order valence-electron chi connectivity index (χ3n) is 3.44. The summed E-state index contributed by atoms with van der Waals surface area (Å²) in [4.78, 5) is 13.1. The van der Waals surface area contributed by atoms with Gasteiger partial charge in [0.05, 0.1) is 15.5 Å². The number of halogens is 1. The van der Waals surface area contributed by atoms with Crippen molar-refractivity contribution in [2.45, 2.75) is 4.90 Å². The van der Waals surface area contributed by atoms with Crippen LogP contribution in [0.15, 0.2) is 23.1 Å². The predicted molar refractivity (Wildman–Crippen MR) is 81.0 cm³/mol. The summed E-state index contributed by atoms with van der Waals surface area (Å²) < 4.78 is 26.4. The molecule has 0 atom stereocenters. The van der Waals surface area contributed by atoms with Crippen LogP contribution in [0.2, 0.25) is 5.02 Å². The van der Waals surface area contributed by atoms with Crippen LogP contribution in [0.3, 0.4) is 0 Å². The van der Waals surface area contributed by atoms with Gasteiger partial charge in [-0.15, -0.1) is 0 Å². The van der Waals surface area contributed by atoms with Gasteiger partial charge in [0.25, 0.3) is 0 Å². The number of benzene rings is 1. The standard InChI is InChI=1S/C13H15ClN4O3S/c1-16-13(19)17-4-6-18(7-5-17)22(20,21)11-3-2-10(9-15)12(14)8-11/h2-3,8H,4-7H2,1H3,(H,16,19). The molecule has 0 radical (unpaired) electrons. The zero-order chi connectivity index (χ0) is 16.3. The third-order valence-corrected chi connectivity index (χ3v) is 5.65. The van der Waals surface area contributed by atoms with E-state index in [2.05, 4.69) is 5.32 Å². The third kappa shape index (κ3) is 3.16. The normalized spacial score (nSPS) is 16.1. The highest BCUT2D eigenvalue weighted by Gasteiger charge is 2.30. The molecule has 1 aliphatic rings. The Labute approximate surface area is 134 Å². The van der Waals surface area contributed by atoms with Crippen molar-refractivity contribution in [2.75, 3.05) is 33.2 Å². The second kappa shape index (κ2) is 6.52. The molecule has 1 heterocycles. The van der Waals surface area contributed by atoms with E-state index < -0.39 is 10.0 Å². The molecule has 0 unspecified atom stereocenters. The Morgan fingerprint density at radius 3 is 2.45 bits per heavy atom. The summed E-state index contributed by atoms with van der Waals surface area (Å²) in [7, 11) is -2.15. The van der Waals surface area contributed by atoms with Crippen LogP contribution in [0.5, 0.6) is 0 Å². The Balaban J connectivity index is 2.17. The SMILES string of the molecule is CNC(=O)N1CCN(S(=O)(=O)c2ccc(C#N)c(Cl)c2)CC1. The summed E-state index contributed by atoms with van der Waals surface area (Å²) in [5, 5.41) is 11.4. The summed E-state index contributed by atoms with van der Waals surface area (Å²) in [6, 6.07) is 5.69. The van der Waals surface area contributed by atoms with Crippen molar-refractivity contribution in [2.24, 2.45) is 0 Å². The molecule has 1 saturated heterocycles. The van der Waals surface area contributed by atoms with Crippen LogP contribution in [0, 0.1) is 11.3 Å². The number of carbonyl (C=O) groups is 1. The first-order valence-electron chi connectivity index (χ1n) is 6.56. The molecule has 2 amide bonds. The Kier molecular flexibility index (Phi) is 4.90. The summed E-state index contributed by atoms with van der Waals surface area (Å²) in [6.45, 7) is 1.08. The fraction of sp³-hybridized carbons (Fsp3) is 0.385. The molecule has 0 aromatic heterocycles. The molecular weight excluding hydrogens is 328 g/mol. The largest absolute Gasteiger partial charge is 0.341 e. The molecule has 0 saturated carbocycles. The van der Waals surface area contributed by atoms with Gasteiger partial charge in [0.15, 0.2) is 0 Å². The molecule has 7 nitrogen and oxygen atoms in total. The Morgan fingerprint density at radius 2 is 1.95 bits per heavy atom. The van der Waals surface area contributed by atoms with Gasteiger partial charge in [0, 0.05) is 33.2 Å². The van der Waals surface area contributed by atoms with Crippen LogP contribution in [0.4, 0.5) is 4.79 Å². The van der Waals surface area contributed by atoms with Gasteiger partial charge in [0.2, 0.25) is 10.0 Å². The van der Waals surface area contributed by atoms with Crippen LogP contribution in [-0.4, -0.2) is 56.9 Å². The average molecular weight is 343 g/mol. The van der Waals surface area contributed by atoms with Crippen molar-refractivity contribution in [3.8, 4) is 6.07 Å². The summed E-state index contributed by atoms with van der Waals surface area (Å²) >= 11 is 5.89. The van der Waals surface area contributed by atoms with E-state index in [4.69, 9.17) is 16.9 Å². The first kappa shape index (κ1) is 16.5. The number of urea groups is 1. The minimum absolute atomic E-state index is 0.0462. The lowest BCUT2D eigenvalue weighted by molar-refractivity contribution is 0.174. The molecule has 1 N–H and O–H groups in total. The molecule has 0 aliphatic carbocycles. The van der Waals surface area contributed by atoms with Crippen molar-refractivity contribution in [1.29, 1.82) is 5.26 Å².